The molecule has 0 aliphatic carbocycles. The van der Waals surface area contributed by atoms with Gasteiger partial charge in [0.25, 0.3) is 0 Å². The van der Waals surface area contributed by atoms with Crippen LogP contribution in [0.2, 0.25) is 0 Å². The summed E-state index contributed by atoms with van der Waals surface area (Å²) in [7, 11) is 0. The Morgan fingerprint density at radius 2 is 1.58 bits per heavy atom. The zero-order chi connectivity index (χ0) is 14.7. The van der Waals surface area contributed by atoms with Gasteiger partial charge in [0.2, 0.25) is 0 Å². The summed E-state index contributed by atoms with van der Waals surface area (Å²) in [5, 5.41) is 3.52. The standard InChI is InChI=1S/C17H37NO/c1-7-8-9-10-11-16(6)19-17(15(4)5)13-18-12-14(2)3/h14-18H,7-13H2,1-6H3. The van der Waals surface area contributed by atoms with E-state index in [1.807, 2.05) is 0 Å². The second-order valence-electron chi connectivity index (χ2n) is 6.63. The van der Waals surface area contributed by atoms with Gasteiger partial charge in [0.15, 0.2) is 0 Å². The van der Waals surface area contributed by atoms with E-state index >= 15 is 0 Å². The molecule has 1 N–H and O–H groups in total. The lowest BCUT2D eigenvalue weighted by Crippen LogP contribution is -2.36. The maximum atomic E-state index is 6.21. The van der Waals surface area contributed by atoms with Crippen molar-refractivity contribution >= 4 is 0 Å². The van der Waals surface area contributed by atoms with E-state index in [1.165, 1.54) is 32.1 Å². The number of ether oxygens (including phenoxy) is 1. The SMILES string of the molecule is CCCCCCC(C)OC(CNCC(C)C)C(C)C. The Balaban J connectivity index is 3.84. The van der Waals surface area contributed by atoms with Crippen LogP contribution in [-0.2, 0) is 4.74 Å². The quantitative estimate of drug-likeness (QED) is 0.522. The molecule has 0 spiro atoms. The summed E-state index contributed by atoms with van der Waals surface area (Å²) in [6.07, 6.45) is 7.26. The van der Waals surface area contributed by atoms with Gasteiger partial charge in [-0.05, 0) is 31.7 Å². The average Bonchev–Trinajstić information content (AvgIpc) is 2.33. The van der Waals surface area contributed by atoms with Crippen molar-refractivity contribution in [2.75, 3.05) is 13.1 Å². The minimum Gasteiger partial charge on any atom is -0.374 e. The van der Waals surface area contributed by atoms with Gasteiger partial charge in [-0.3, -0.25) is 0 Å². The number of rotatable bonds is 12. The molecule has 0 aromatic heterocycles. The summed E-state index contributed by atoms with van der Waals surface area (Å²) < 4.78 is 6.21. The molecule has 2 atom stereocenters. The van der Waals surface area contributed by atoms with Crippen molar-refractivity contribution in [3.63, 3.8) is 0 Å². The van der Waals surface area contributed by atoms with E-state index in [2.05, 4.69) is 46.9 Å². The zero-order valence-electron chi connectivity index (χ0n) is 14.2. The number of nitrogens with one attached hydrogen (secondary N) is 1. The summed E-state index contributed by atoms with van der Waals surface area (Å²) in [5.74, 6) is 1.29. The highest BCUT2D eigenvalue weighted by Crippen LogP contribution is 2.14. The highest BCUT2D eigenvalue weighted by Gasteiger charge is 2.16. The van der Waals surface area contributed by atoms with Crippen LogP contribution >= 0.6 is 0 Å². The van der Waals surface area contributed by atoms with Gasteiger partial charge in [0, 0.05) is 6.54 Å². The van der Waals surface area contributed by atoms with Crippen LogP contribution < -0.4 is 5.32 Å². The van der Waals surface area contributed by atoms with Gasteiger partial charge < -0.3 is 10.1 Å². The van der Waals surface area contributed by atoms with Crippen molar-refractivity contribution in [1.82, 2.24) is 5.32 Å². The van der Waals surface area contributed by atoms with Crippen LogP contribution in [-0.4, -0.2) is 25.3 Å². The molecule has 0 rings (SSSR count). The molecular weight excluding hydrogens is 234 g/mol. The van der Waals surface area contributed by atoms with Crippen LogP contribution in [0.25, 0.3) is 0 Å². The molecule has 0 saturated heterocycles. The van der Waals surface area contributed by atoms with E-state index in [0.717, 1.165) is 13.1 Å². The van der Waals surface area contributed by atoms with Gasteiger partial charge >= 0.3 is 0 Å². The zero-order valence-corrected chi connectivity index (χ0v) is 14.2. The molecule has 0 fully saturated rings. The molecule has 0 aliphatic heterocycles. The molecule has 2 heteroatoms. The van der Waals surface area contributed by atoms with Crippen LogP contribution in [0, 0.1) is 11.8 Å². The third-order valence-corrected chi connectivity index (χ3v) is 3.51. The van der Waals surface area contributed by atoms with Crippen molar-refractivity contribution in [2.24, 2.45) is 11.8 Å². The fourth-order valence-corrected chi connectivity index (χ4v) is 2.18. The lowest BCUT2D eigenvalue weighted by molar-refractivity contribution is -0.0301. The molecule has 0 bridgehead atoms. The van der Waals surface area contributed by atoms with E-state index in [-0.39, 0.29) is 0 Å². The molecule has 0 aliphatic rings. The summed E-state index contributed by atoms with van der Waals surface area (Å²) >= 11 is 0. The molecule has 116 valence electrons. The fourth-order valence-electron chi connectivity index (χ4n) is 2.18. The molecule has 0 saturated carbocycles. The second-order valence-corrected chi connectivity index (χ2v) is 6.63. The molecular formula is C17H37NO. The highest BCUT2D eigenvalue weighted by atomic mass is 16.5. The van der Waals surface area contributed by atoms with Crippen LogP contribution in [0.4, 0.5) is 0 Å². The van der Waals surface area contributed by atoms with E-state index < -0.39 is 0 Å². The van der Waals surface area contributed by atoms with Gasteiger partial charge in [-0.2, -0.15) is 0 Å². The predicted octanol–water partition coefficient (Wildman–Crippen LogP) is 4.63. The Morgan fingerprint density at radius 3 is 2.11 bits per heavy atom. The predicted molar refractivity (Wildman–Crippen MR) is 85.6 cm³/mol. The molecule has 0 aromatic rings. The van der Waals surface area contributed by atoms with Gasteiger partial charge in [-0.15, -0.1) is 0 Å². The Bertz CT molecular complexity index is 192. The number of hydrogen-bond donors (Lipinski definition) is 1. The van der Waals surface area contributed by atoms with E-state index in [0.29, 0.717) is 24.0 Å². The molecule has 2 nitrogen and oxygen atoms in total. The normalized spacial score (nSPS) is 15.2. The van der Waals surface area contributed by atoms with Gasteiger partial charge in [0.05, 0.1) is 12.2 Å². The van der Waals surface area contributed by atoms with Crippen molar-refractivity contribution in [2.45, 2.75) is 85.9 Å². The Kier molecular flexibility index (Phi) is 11.7. The Morgan fingerprint density at radius 1 is 0.895 bits per heavy atom. The molecule has 0 heterocycles. The second kappa shape index (κ2) is 11.7. The first-order chi connectivity index (χ1) is 8.97. The largest absolute Gasteiger partial charge is 0.374 e. The van der Waals surface area contributed by atoms with Crippen LogP contribution in [0.5, 0.6) is 0 Å². The third-order valence-electron chi connectivity index (χ3n) is 3.51. The van der Waals surface area contributed by atoms with Crippen molar-refractivity contribution in [1.29, 1.82) is 0 Å². The minimum absolute atomic E-state index is 0.347. The first-order valence-corrected chi connectivity index (χ1v) is 8.33. The summed E-state index contributed by atoms with van der Waals surface area (Å²) in [4.78, 5) is 0. The van der Waals surface area contributed by atoms with Crippen molar-refractivity contribution in [3.05, 3.63) is 0 Å². The summed E-state index contributed by atoms with van der Waals surface area (Å²) in [5.41, 5.74) is 0. The lowest BCUT2D eigenvalue weighted by atomic mass is 10.1. The average molecular weight is 271 g/mol. The van der Waals surface area contributed by atoms with E-state index in [4.69, 9.17) is 4.74 Å². The summed E-state index contributed by atoms with van der Waals surface area (Å²) in [6, 6.07) is 0. The maximum absolute atomic E-state index is 6.21. The van der Waals surface area contributed by atoms with Crippen LogP contribution in [0.1, 0.15) is 73.6 Å². The number of hydrogen-bond acceptors (Lipinski definition) is 2. The first-order valence-electron chi connectivity index (χ1n) is 8.33. The molecule has 0 radical (unpaired) electrons. The maximum Gasteiger partial charge on any atom is 0.0725 e. The molecule has 0 aromatic carbocycles. The minimum atomic E-state index is 0.347. The van der Waals surface area contributed by atoms with Crippen molar-refractivity contribution in [3.8, 4) is 0 Å². The Labute approximate surface area is 121 Å². The molecule has 19 heavy (non-hydrogen) atoms. The van der Waals surface area contributed by atoms with E-state index in [1.54, 1.807) is 0 Å². The van der Waals surface area contributed by atoms with Gasteiger partial charge in [-0.25, -0.2) is 0 Å². The van der Waals surface area contributed by atoms with Crippen molar-refractivity contribution < 1.29 is 4.74 Å². The highest BCUT2D eigenvalue weighted by molar-refractivity contribution is 4.68. The molecule has 2 unspecified atom stereocenters. The monoisotopic (exact) mass is 271 g/mol. The smallest absolute Gasteiger partial charge is 0.0725 e. The van der Waals surface area contributed by atoms with Gasteiger partial charge in [0.1, 0.15) is 0 Å². The van der Waals surface area contributed by atoms with E-state index in [9.17, 15) is 0 Å². The lowest BCUT2D eigenvalue weighted by Gasteiger charge is -2.26. The Hall–Kier alpha value is -0.0800. The van der Waals surface area contributed by atoms with Gasteiger partial charge in [-0.1, -0.05) is 60.3 Å². The third kappa shape index (κ3) is 11.4. The van der Waals surface area contributed by atoms with Crippen LogP contribution in [0.3, 0.4) is 0 Å². The number of unbranched alkanes of at least 4 members (excludes halogenated alkanes) is 3. The first kappa shape index (κ1) is 18.9. The summed E-state index contributed by atoms with van der Waals surface area (Å²) in [6.45, 7) is 15.5. The fraction of sp³-hybridized carbons (Fsp3) is 1.00. The topological polar surface area (TPSA) is 21.3 Å². The molecule has 0 amide bonds. The van der Waals surface area contributed by atoms with Crippen LogP contribution in [0.15, 0.2) is 0 Å².